The first-order chi connectivity index (χ1) is 14.4. The Balaban J connectivity index is 1.81. The van der Waals surface area contributed by atoms with Crippen LogP contribution in [0.4, 0.5) is 0 Å². The van der Waals surface area contributed by atoms with Gasteiger partial charge in [-0.3, -0.25) is 14.4 Å². The number of fused-ring (bicyclic) bond motifs is 1. The summed E-state index contributed by atoms with van der Waals surface area (Å²) in [4.78, 5) is 38.6. The largest absolute Gasteiger partial charge is 0.469 e. The molecule has 156 valence electrons. The number of carbonyl (C=O) groups is 3. The second kappa shape index (κ2) is 9.71. The Hall–Kier alpha value is -2.93. The zero-order valence-electron chi connectivity index (χ0n) is 16.8. The first kappa shape index (κ1) is 21.8. The maximum absolute atomic E-state index is 13.0. The maximum atomic E-state index is 13.0. The smallest absolute Gasteiger partial charge is 0.307 e. The summed E-state index contributed by atoms with van der Waals surface area (Å²) >= 11 is 3.39. The van der Waals surface area contributed by atoms with Crippen molar-refractivity contribution in [1.29, 1.82) is 0 Å². The van der Waals surface area contributed by atoms with Gasteiger partial charge in [0.15, 0.2) is 0 Å². The zero-order valence-corrected chi connectivity index (χ0v) is 18.4. The summed E-state index contributed by atoms with van der Waals surface area (Å²) in [6.45, 7) is 1.48. The molecule has 7 heteroatoms. The number of amides is 2. The number of hydrogen-bond donors (Lipinski definition) is 1. The number of methoxy groups -OCH3 is 1. The summed E-state index contributed by atoms with van der Waals surface area (Å²) in [7, 11) is 1.32. The van der Waals surface area contributed by atoms with E-state index in [0.29, 0.717) is 0 Å². The number of rotatable bonds is 6. The van der Waals surface area contributed by atoms with E-state index in [9.17, 15) is 14.4 Å². The Bertz CT molecular complexity index is 971. The highest BCUT2D eigenvalue weighted by molar-refractivity contribution is 9.10. The van der Waals surface area contributed by atoms with Crippen LogP contribution in [-0.2, 0) is 19.1 Å². The molecule has 0 saturated carbocycles. The third-order valence-corrected chi connectivity index (χ3v) is 5.58. The molecule has 0 aliphatic carbocycles. The van der Waals surface area contributed by atoms with E-state index in [0.717, 1.165) is 21.2 Å². The van der Waals surface area contributed by atoms with E-state index >= 15 is 0 Å². The molecular formula is C23H23BrN2O4. The molecule has 0 bridgehead atoms. The minimum absolute atomic E-state index is 0.0153. The molecule has 0 saturated heterocycles. The lowest BCUT2D eigenvalue weighted by Gasteiger charge is -2.32. The fraction of sp³-hybridized carbons (Fsp3) is 0.261. The summed E-state index contributed by atoms with van der Waals surface area (Å²) in [6.07, 6.45) is 3.67. The Kier molecular flexibility index (Phi) is 7.05. The van der Waals surface area contributed by atoms with E-state index in [1.165, 1.54) is 14.0 Å². The van der Waals surface area contributed by atoms with Gasteiger partial charge in [0, 0.05) is 17.6 Å². The molecule has 0 aromatic heterocycles. The molecule has 0 radical (unpaired) electrons. The normalized spacial score (nSPS) is 15.8. The van der Waals surface area contributed by atoms with Crippen LogP contribution < -0.4 is 5.32 Å². The van der Waals surface area contributed by atoms with Gasteiger partial charge in [0.05, 0.1) is 32.0 Å². The van der Waals surface area contributed by atoms with Gasteiger partial charge in [0.25, 0.3) is 0 Å². The summed E-state index contributed by atoms with van der Waals surface area (Å²) in [5.41, 5.74) is 2.69. The first-order valence-electron chi connectivity index (χ1n) is 9.56. The van der Waals surface area contributed by atoms with Crippen LogP contribution in [-0.4, -0.2) is 29.8 Å². The number of halogens is 1. The van der Waals surface area contributed by atoms with Gasteiger partial charge in [0.1, 0.15) is 0 Å². The van der Waals surface area contributed by atoms with Gasteiger partial charge in [0.2, 0.25) is 11.8 Å². The third-order valence-electron chi connectivity index (χ3n) is 5.05. The predicted molar refractivity (Wildman–Crippen MR) is 117 cm³/mol. The zero-order chi connectivity index (χ0) is 21.7. The average molecular weight is 471 g/mol. The molecule has 1 heterocycles. The van der Waals surface area contributed by atoms with Gasteiger partial charge in [-0.15, -0.1) is 0 Å². The molecule has 6 nitrogen and oxygen atoms in total. The van der Waals surface area contributed by atoms with Crippen molar-refractivity contribution in [2.24, 2.45) is 0 Å². The molecule has 2 aromatic rings. The Morgan fingerprint density at radius 1 is 1.13 bits per heavy atom. The van der Waals surface area contributed by atoms with E-state index in [4.69, 9.17) is 4.74 Å². The number of nitrogens with zero attached hydrogens (tertiary/aromatic N) is 1. The highest BCUT2D eigenvalue weighted by Gasteiger charge is 2.29. The Morgan fingerprint density at radius 3 is 2.50 bits per heavy atom. The molecule has 3 rings (SSSR count). The number of hydrogen-bond acceptors (Lipinski definition) is 4. The van der Waals surface area contributed by atoms with Crippen LogP contribution in [0.25, 0.3) is 6.08 Å². The van der Waals surface area contributed by atoms with Crippen molar-refractivity contribution >= 4 is 39.8 Å². The lowest BCUT2D eigenvalue weighted by atomic mass is 9.93. The summed E-state index contributed by atoms with van der Waals surface area (Å²) in [5.74, 6) is -0.815. The van der Waals surface area contributed by atoms with Gasteiger partial charge in [-0.25, -0.2) is 0 Å². The Morgan fingerprint density at radius 2 is 1.83 bits per heavy atom. The first-order valence-corrected chi connectivity index (χ1v) is 10.4. The lowest BCUT2D eigenvalue weighted by molar-refractivity contribution is -0.141. The molecule has 0 spiro atoms. The molecule has 2 unspecified atom stereocenters. The standard InChI is InChI=1S/C23H23BrN2O4/c1-15(27)26-12-11-16-5-3-4-6-19(16)21(26)14-22(28)25-20(13-23(29)30-2)17-7-9-18(24)10-8-17/h3-12,20-21H,13-14H2,1-2H3,(H,25,28). The highest BCUT2D eigenvalue weighted by Crippen LogP contribution is 2.33. The second-order valence-electron chi connectivity index (χ2n) is 7.04. The van der Waals surface area contributed by atoms with Gasteiger partial charge in [-0.1, -0.05) is 52.3 Å². The Labute approximate surface area is 184 Å². The van der Waals surface area contributed by atoms with Gasteiger partial charge >= 0.3 is 5.97 Å². The van der Waals surface area contributed by atoms with Gasteiger partial charge < -0.3 is 15.0 Å². The van der Waals surface area contributed by atoms with Gasteiger partial charge in [-0.2, -0.15) is 0 Å². The van der Waals surface area contributed by atoms with Crippen molar-refractivity contribution in [3.05, 3.63) is 75.9 Å². The van der Waals surface area contributed by atoms with Crippen LogP contribution in [0, 0.1) is 0 Å². The van der Waals surface area contributed by atoms with Crippen LogP contribution in [0.3, 0.4) is 0 Å². The minimum atomic E-state index is -0.529. The van der Waals surface area contributed by atoms with Crippen LogP contribution in [0.15, 0.2) is 59.2 Å². The van der Waals surface area contributed by atoms with Crippen molar-refractivity contribution in [3.63, 3.8) is 0 Å². The molecule has 2 amide bonds. The van der Waals surface area contributed by atoms with E-state index in [2.05, 4.69) is 21.2 Å². The molecule has 2 atom stereocenters. The van der Waals surface area contributed by atoms with Crippen molar-refractivity contribution < 1.29 is 19.1 Å². The fourth-order valence-electron chi connectivity index (χ4n) is 3.54. The van der Waals surface area contributed by atoms with E-state index in [-0.39, 0.29) is 24.7 Å². The predicted octanol–water partition coefficient (Wildman–Crippen LogP) is 4.13. The van der Waals surface area contributed by atoms with Crippen LogP contribution in [0.5, 0.6) is 0 Å². The number of benzene rings is 2. The number of esters is 1. The van der Waals surface area contributed by atoms with Crippen LogP contribution in [0.1, 0.15) is 48.5 Å². The monoisotopic (exact) mass is 470 g/mol. The van der Waals surface area contributed by atoms with Crippen molar-refractivity contribution in [1.82, 2.24) is 10.2 Å². The van der Waals surface area contributed by atoms with Crippen molar-refractivity contribution in [3.8, 4) is 0 Å². The molecule has 2 aromatic carbocycles. The average Bonchev–Trinajstić information content (AvgIpc) is 2.73. The van der Waals surface area contributed by atoms with E-state index < -0.39 is 18.1 Å². The summed E-state index contributed by atoms with van der Waals surface area (Å²) in [6, 6.07) is 14.1. The second-order valence-corrected chi connectivity index (χ2v) is 7.96. The van der Waals surface area contributed by atoms with Crippen molar-refractivity contribution in [2.45, 2.75) is 31.8 Å². The molecule has 1 N–H and O–H groups in total. The maximum Gasteiger partial charge on any atom is 0.307 e. The molecule has 1 aliphatic rings. The topological polar surface area (TPSA) is 75.7 Å². The third kappa shape index (κ3) is 5.16. The molecule has 30 heavy (non-hydrogen) atoms. The minimum Gasteiger partial charge on any atom is -0.469 e. The van der Waals surface area contributed by atoms with Crippen molar-refractivity contribution in [2.75, 3.05) is 7.11 Å². The molecule has 0 fully saturated rings. The SMILES string of the molecule is COC(=O)CC(NC(=O)CC1c2ccccc2C=CN1C(C)=O)c1ccc(Br)cc1. The fourth-order valence-corrected chi connectivity index (χ4v) is 3.80. The van der Waals surface area contributed by atoms with Gasteiger partial charge in [-0.05, 0) is 34.9 Å². The van der Waals surface area contributed by atoms with E-state index in [1.807, 2.05) is 54.6 Å². The van der Waals surface area contributed by atoms with E-state index in [1.54, 1.807) is 11.1 Å². The highest BCUT2D eigenvalue weighted by atomic mass is 79.9. The summed E-state index contributed by atoms with van der Waals surface area (Å²) in [5, 5.41) is 2.94. The molecular weight excluding hydrogens is 448 g/mol. The summed E-state index contributed by atoms with van der Waals surface area (Å²) < 4.78 is 5.69. The van der Waals surface area contributed by atoms with Crippen LogP contribution in [0.2, 0.25) is 0 Å². The molecule has 1 aliphatic heterocycles. The lowest BCUT2D eigenvalue weighted by Crippen LogP contribution is -2.37. The quantitative estimate of drug-likeness (QED) is 0.643. The number of ether oxygens (including phenoxy) is 1. The van der Waals surface area contributed by atoms with Crippen LogP contribution >= 0.6 is 15.9 Å². The number of carbonyl (C=O) groups excluding carboxylic acids is 3. The number of nitrogens with one attached hydrogen (secondary N) is 1.